The van der Waals surface area contributed by atoms with Gasteiger partial charge < -0.3 is 14.5 Å². The highest BCUT2D eigenvalue weighted by Gasteiger charge is 2.34. The van der Waals surface area contributed by atoms with E-state index in [0.717, 1.165) is 18.6 Å². The minimum absolute atomic E-state index is 0.0113. The second-order valence-electron chi connectivity index (χ2n) is 8.15. The number of rotatable bonds is 8. The summed E-state index contributed by atoms with van der Waals surface area (Å²) in [6, 6.07) is 11.7. The summed E-state index contributed by atoms with van der Waals surface area (Å²) in [6.07, 6.45) is 1.67. The average Bonchev–Trinajstić information content (AvgIpc) is 3.24. The standard InChI is InChI=1S/C24H32N2O3S/c1-5-18(4)26(24(28)17(2)3)15-23(27)25-13-11-22-20(12-14-30-22)21(25)16-29-19-9-7-6-8-10-19/h6-10,12,14,17-18,21H,5,11,13,15-16H2,1-4H3/t18-,21+/m1/s1. The van der Waals surface area contributed by atoms with E-state index >= 15 is 0 Å². The molecule has 0 unspecified atom stereocenters. The molecule has 2 heterocycles. The molecule has 5 nitrogen and oxygen atoms in total. The normalized spacial score (nSPS) is 16.8. The van der Waals surface area contributed by atoms with Gasteiger partial charge in [-0.15, -0.1) is 11.3 Å². The van der Waals surface area contributed by atoms with Crippen LogP contribution in [-0.4, -0.2) is 47.4 Å². The van der Waals surface area contributed by atoms with Crippen molar-refractivity contribution in [2.75, 3.05) is 19.7 Å². The molecule has 0 bridgehead atoms. The number of ether oxygens (including phenoxy) is 1. The zero-order valence-electron chi connectivity index (χ0n) is 18.3. The topological polar surface area (TPSA) is 49.9 Å². The van der Waals surface area contributed by atoms with Crippen molar-refractivity contribution < 1.29 is 14.3 Å². The number of carbonyl (C=O) groups is 2. The molecule has 0 N–H and O–H groups in total. The van der Waals surface area contributed by atoms with Crippen LogP contribution in [0.25, 0.3) is 0 Å². The summed E-state index contributed by atoms with van der Waals surface area (Å²) < 4.78 is 6.04. The van der Waals surface area contributed by atoms with Crippen LogP contribution in [0.3, 0.4) is 0 Å². The molecule has 2 amide bonds. The van der Waals surface area contributed by atoms with Crippen LogP contribution >= 0.6 is 11.3 Å². The Balaban J connectivity index is 1.79. The number of fused-ring (bicyclic) bond motifs is 1. The molecule has 2 atom stereocenters. The van der Waals surface area contributed by atoms with Crippen molar-refractivity contribution in [3.05, 3.63) is 52.2 Å². The van der Waals surface area contributed by atoms with Gasteiger partial charge in [-0.3, -0.25) is 9.59 Å². The summed E-state index contributed by atoms with van der Waals surface area (Å²) in [5.41, 5.74) is 1.17. The summed E-state index contributed by atoms with van der Waals surface area (Å²) in [6.45, 7) is 9.00. The first-order valence-corrected chi connectivity index (χ1v) is 11.6. The molecule has 0 spiro atoms. The monoisotopic (exact) mass is 428 g/mol. The molecule has 0 saturated carbocycles. The molecule has 1 aromatic heterocycles. The van der Waals surface area contributed by atoms with Crippen LogP contribution in [-0.2, 0) is 16.0 Å². The number of para-hydroxylation sites is 1. The molecule has 0 radical (unpaired) electrons. The van der Waals surface area contributed by atoms with Crippen molar-refractivity contribution in [3.63, 3.8) is 0 Å². The Morgan fingerprint density at radius 3 is 2.60 bits per heavy atom. The zero-order chi connectivity index (χ0) is 21.7. The molecule has 0 fully saturated rings. The summed E-state index contributed by atoms with van der Waals surface area (Å²) >= 11 is 1.74. The second-order valence-corrected chi connectivity index (χ2v) is 9.15. The fourth-order valence-electron chi connectivity index (χ4n) is 3.81. The maximum atomic E-state index is 13.4. The molecule has 0 aliphatic carbocycles. The Morgan fingerprint density at radius 1 is 1.20 bits per heavy atom. The van der Waals surface area contributed by atoms with E-state index in [4.69, 9.17) is 4.74 Å². The molecule has 3 rings (SSSR count). The SMILES string of the molecule is CC[C@@H](C)N(CC(=O)N1CCc2sccc2[C@@H]1COc1ccccc1)C(=O)C(C)C. The number of benzene rings is 1. The van der Waals surface area contributed by atoms with Gasteiger partial charge in [0.25, 0.3) is 0 Å². The van der Waals surface area contributed by atoms with Gasteiger partial charge in [-0.2, -0.15) is 0 Å². The molecule has 1 aliphatic heterocycles. The Bertz CT molecular complexity index is 849. The Kier molecular flexibility index (Phi) is 7.53. The third-order valence-corrected chi connectivity index (χ3v) is 6.77. The molecule has 162 valence electrons. The van der Waals surface area contributed by atoms with Crippen molar-refractivity contribution in [1.29, 1.82) is 0 Å². The predicted molar refractivity (Wildman–Crippen MR) is 121 cm³/mol. The second kappa shape index (κ2) is 10.1. The van der Waals surface area contributed by atoms with E-state index in [1.54, 1.807) is 16.2 Å². The lowest BCUT2D eigenvalue weighted by Crippen LogP contribution is -2.50. The first-order chi connectivity index (χ1) is 14.4. The van der Waals surface area contributed by atoms with Crippen LogP contribution in [0.15, 0.2) is 41.8 Å². The Hall–Kier alpha value is -2.34. The molecular formula is C24H32N2O3S. The van der Waals surface area contributed by atoms with Crippen molar-refractivity contribution in [2.24, 2.45) is 5.92 Å². The Morgan fingerprint density at radius 2 is 1.93 bits per heavy atom. The van der Waals surface area contributed by atoms with E-state index in [2.05, 4.69) is 11.4 Å². The van der Waals surface area contributed by atoms with Gasteiger partial charge >= 0.3 is 0 Å². The number of carbonyl (C=O) groups excluding carboxylic acids is 2. The highest BCUT2D eigenvalue weighted by atomic mass is 32.1. The van der Waals surface area contributed by atoms with Gasteiger partial charge in [0.2, 0.25) is 11.8 Å². The minimum atomic E-state index is -0.138. The molecule has 1 aromatic carbocycles. The molecule has 1 aliphatic rings. The highest BCUT2D eigenvalue weighted by Crippen LogP contribution is 2.34. The molecular weight excluding hydrogens is 396 g/mol. The highest BCUT2D eigenvalue weighted by molar-refractivity contribution is 7.10. The van der Waals surface area contributed by atoms with Crippen LogP contribution < -0.4 is 4.74 Å². The predicted octanol–water partition coefficient (Wildman–Crippen LogP) is 4.54. The fraction of sp³-hybridized carbons (Fsp3) is 0.500. The van der Waals surface area contributed by atoms with Crippen molar-refractivity contribution in [3.8, 4) is 5.75 Å². The maximum absolute atomic E-state index is 13.4. The van der Waals surface area contributed by atoms with E-state index in [0.29, 0.717) is 13.2 Å². The molecule has 6 heteroatoms. The van der Waals surface area contributed by atoms with Crippen LogP contribution in [0, 0.1) is 5.92 Å². The van der Waals surface area contributed by atoms with Gasteiger partial charge in [0.1, 0.15) is 18.9 Å². The van der Waals surface area contributed by atoms with Crippen molar-refractivity contribution >= 4 is 23.2 Å². The molecule has 30 heavy (non-hydrogen) atoms. The van der Waals surface area contributed by atoms with Crippen LogP contribution in [0.4, 0.5) is 0 Å². The first kappa shape index (κ1) is 22.3. The summed E-state index contributed by atoms with van der Waals surface area (Å²) in [5.74, 6) is 0.683. The van der Waals surface area contributed by atoms with Gasteiger partial charge in [0.05, 0.1) is 6.04 Å². The van der Waals surface area contributed by atoms with E-state index in [-0.39, 0.29) is 36.4 Å². The van der Waals surface area contributed by atoms with Crippen LogP contribution in [0.5, 0.6) is 5.75 Å². The summed E-state index contributed by atoms with van der Waals surface area (Å²) in [7, 11) is 0. The first-order valence-electron chi connectivity index (χ1n) is 10.8. The number of thiophene rings is 1. The third-order valence-electron chi connectivity index (χ3n) is 5.77. The number of hydrogen-bond donors (Lipinski definition) is 0. The fourth-order valence-corrected chi connectivity index (χ4v) is 4.73. The van der Waals surface area contributed by atoms with Crippen LogP contribution in [0.2, 0.25) is 0 Å². The number of nitrogens with zero attached hydrogens (tertiary/aromatic N) is 2. The smallest absolute Gasteiger partial charge is 0.242 e. The molecule has 0 saturated heterocycles. The largest absolute Gasteiger partial charge is 0.491 e. The lowest BCUT2D eigenvalue weighted by Gasteiger charge is -2.38. The number of hydrogen-bond acceptors (Lipinski definition) is 4. The Labute approximate surface area is 183 Å². The van der Waals surface area contributed by atoms with Gasteiger partial charge in [-0.1, -0.05) is 39.0 Å². The van der Waals surface area contributed by atoms with Crippen LogP contribution in [0.1, 0.15) is 50.6 Å². The zero-order valence-corrected chi connectivity index (χ0v) is 19.2. The van der Waals surface area contributed by atoms with E-state index in [1.807, 2.05) is 62.9 Å². The lowest BCUT2D eigenvalue weighted by molar-refractivity contribution is -0.146. The van der Waals surface area contributed by atoms with E-state index in [1.165, 1.54) is 10.4 Å². The quantitative estimate of drug-likeness (QED) is 0.620. The third kappa shape index (κ3) is 5.04. The summed E-state index contributed by atoms with van der Waals surface area (Å²) in [4.78, 5) is 31.1. The van der Waals surface area contributed by atoms with Gasteiger partial charge in [-0.05, 0) is 48.9 Å². The van der Waals surface area contributed by atoms with Gasteiger partial charge in [0, 0.05) is 23.4 Å². The van der Waals surface area contributed by atoms with Crippen molar-refractivity contribution in [1.82, 2.24) is 9.80 Å². The minimum Gasteiger partial charge on any atom is -0.491 e. The number of amides is 2. The maximum Gasteiger partial charge on any atom is 0.242 e. The molecule has 2 aromatic rings. The van der Waals surface area contributed by atoms with Gasteiger partial charge in [0.15, 0.2) is 0 Å². The van der Waals surface area contributed by atoms with E-state index < -0.39 is 0 Å². The van der Waals surface area contributed by atoms with Gasteiger partial charge in [-0.25, -0.2) is 0 Å². The van der Waals surface area contributed by atoms with E-state index in [9.17, 15) is 9.59 Å². The average molecular weight is 429 g/mol. The lowest BCUT2D eigenvalue weighted by atomic mass is 10.00. The van der Waals surface area contributed by atoms with Crippen molar-refractivity contribution in [2.45, 2.75) is 52.6 Å². The summed E-state index contributed by atoms with van der Waals surface area (Å²) in [5, 5.41) is 2.09.